The number of hydrogen-bond acceptors (Lipinski definition) is 4. The number of carbonyl (C=O) groups excluding carboxylic acids is 1. The van der Waals surface area contributed by atoms with Crippen molar-refractivity contribution >= 4 is 11.7 Å². The van der Waals surface area contributed by atoms with Crippen LogP contribution in [0.1, 0.15) is 29.4 Å². The molecule has 0 saturated carbocycles. The predicted octanol–water partition coefficient (Wildman–Crippen LogP) is 2.57. The summed E-state index contributed by atoms with van der Waals surface area (Å²) in [5.74, 6) is 0.502. The van der Waals surface area contributed by atoms with Gasteiger partial charge in [-0.15, -0.1) is 0 Å². The Kier molecular flexibility index (Phi) is 5.26. The first kappa shape index (κ1) is 15.0. The topological polar surface area (TPSA) is 58.1 Å². The molecule has 0 aliphatic carbocycles. The average molecular weight is 284 g/mol. The molecule has 0 unspecified atom stereocenters. The van der Waals surface area contributed by atoms with Crippen molar-refractivity contribution in [3.05, 3.63) is 54.0 Å². The van der Waals surface area contributed by atoms with Crippen LogP contribution in [0.3, 0.4) is 0 Å². The van der Waals surface area contributed by atoms with Crippen LogP contribution in [0.15, 0.2) is 42.7 Å². The lowest BCUT2D eigenvalue weighted by atomic mass is 10.2. The fraction of sp³-hybridized carbons (Fsp3) is 0.312. The third kappa shape index (κ3) is 4.27. The van der Waals surface area contributed by atoms with Gasteiger partial charge in [-0.2, -0.15) is 0 Å². The molecule has 0 spiro atoms. The molecule has 1 aromatic carbocycles. The quantitative estimate of drug-likeness (QED) is 0.885. The molecule has 1 aromatic heterocycles. The van der Waals surface area contributed by atoms with Gasteiger partial charge in [-0.3, -0.25) is 9.78 Å². The van der Waals surface area contributed by atoms with E-state index in [1.165, 1.54) is 6.20 Å². The van der Waals surface area contributed by atoms with Crippen molar-refractivity contribution in [2.24, 2.45) is 0 Å². The molecular weight excluding hydrogens is 264 g/mol. The summed E-state index contributed by atoms with van der Waals surface area (Å²) < 4.78 is 0. The number of rotatable bonds is 6. The van der Waals surface area contributed by atoms with Crippen LogP contribution in [-0.4, -0.2) is 34.4 Å². The first-order valence-electron chi connectivity index (χ1n) is 7.06. The summed E-state index contributed by atoms with van der Waals surface area (Å²) in [4.78, 5) is 22.4. The molecule has 1 heterocycles. The van der Waals surface area contributed by atoms with Crippen LogP contribution in [0, 0.1) is 0 Å². The van der Waals surface area contributed by atoms with E-state index in [-0.39, 0.29) is 5.91 Å². The van der Waals surface area contributed by atoms with Gasteiger partial charge in [0.1, 0.15) is 11.5 Å². The number of benzene rings is 1. The maximum absolute atomic E-state index is 12.4. The van der Waals surface area contributed by atoms with Gasteiger partial charge in [0.2, 0.25) is 0 Å². The van der Waals surface area contributed by atoms with Crippen LogP contribution in [0.2, 0.25) is 0 Å². The number of nitrogens with one attached hydrogen (secondary N) is 1. The summed E-state index contributed by atoms with van der Waals surface area (Å²) in [7, 11) is 1.77. The summed E-state index contributed by atoms with van der Waals surface area (Å²) in [5, 5.41) is 3.13. The van der Waals surface area contributed by atoms with E-state index in [2.05, 4.69) is 22.2 Å². The molecule has 110 valence electrons. The Bertz CT molecular complexity index is 586. The number of anilines is 1. The largest absolute Gasteiger partial charge is 0.369 e. The first-order chi connectivity index (χ1) is 10.2. The Morgan fingerprint density at radius 2 is 2.00 bits per heavy atom. The minimum Gasteiger partial charge on any atom is -0.369 e. The van der Waals surface area contributed by atoms with E-state index in [1.807, 2.05) is 30.3 Å². The Morgan fingerprint density at radius 1 is 1.24 bits per heavy atom. The Balaban J connectivity index is 2.05. The van der Waals surface area contributed by atoms with Crippen molar-refractivity contribution in [1.29, 1.82) is 0 Å². The van der Waals surface area contributed by atoms with Gasteiger partial charge in [-0.25, -0.2) is 4.98 Å². The third-order valence-electron chi connectivity index (χ3n) is 3.02. The second-order valence-corrected chi connectivity index (χ2v) is 4.86. The lowest BCUT2D eigenvalue weighted by molar-refractivity contribution is 0.0779. The van der Waals surface area contributed by atoms with E-state index in [9.17, 15) is 4.79 Å². The van der Waals surface area contributed by atoms with Gasteiger partial charge in [0.15, 0.2) is 0 Å². The molecule has 5 nitrogen and oxygen atoms in total. The molecule has 0 saturated heterocycles. The van der Waals surface area contributed by atoms with E-state index in [0.717, 1.165) is 18.5 Å². The van der Waals surface area contributed by atoms with Crippen molar-refractivity contribution in [3.63, 3.8) is 0 Å². The molecule has 2 aromatic rings. The van der Waals surface area contributed by atoms with Crippen LogP contribution in [0.4, 0.5) is 5.82 Å². The van der Waals surface area contributed by atoms with Gasteiger partial charge in [0.05, 0.1) is 12.4 Å². The van der Waals surface area contributed by atoms with E-state index in [1.54, 1.807) is 18.1 Å². The maximum Gasteiger partial charge on any atom is 0.274 e. The summed E-state index contributed by atoms with van der Waals surface area (Å²) >= 11 is 0. The van der Waals surface area contributed by atoms with E-state index >= 15 is 0 Å². The fourth-order valence-electron chi connectivity index (χ4n) is 1.93. The van der Waals surface area contributed by atoms with Gasteiger partial charge in [0, 0.05) is 20.1 Å². The predicted molar refractivity (Wildman–Crippen MR) is 83.1 cm³/mol. The summed E-state index contributed by atoms with van der Waals surface area (Å²) in [6, 6.07) is 9.87. The number of carbonyl (C=O) groups is 1. The number of nitrogens with zero attached hydrogens (tertiary/aromatic N) is 3. The van der Waals surface area contributed by atoms with Crippen molar-refractivity contribution < 1.29 is 4.79 Å². The van der Waals surface area contributed by atoms with E-state index < -0.39 is 0 Å². The molecule has 5 heteroatoms. The lowest BCUT2D eigenvalue weighted by Gasteiger charge is -2.17. The maximum atomic E-state index is 12.4. The van der Waals surface area contributed by atoms with Crippen molar-refractivity contribution in [1.82, 2.24) is 14.9 Å². The van der Waals surface area contributed by atoms with E-state index in [4.69, 9.17) is 0 Å². The highest BCUT2D eigenvalue weighted by molar-refractivity contribution is 5.92. The first-order valence-corrected chi connectivity index (χ1v) is 7.06. The SMILES string of the molecule is CCCNc1cncc(C(=O)N(C)Cc2ccccc2)n1. The van der Waals surface area contributed by atoms with Crippen LogP contribution >= 0.6 is 0 Å². The fourth-order valence-corrected chi connectivity index (χ4v) is 1.93. The molecule has 0 aliphatic rings. The lowest BCUT2D eigenvalue weighted by Crippen LogP contribution is -2.27. The Hall–Kier alpha value is -2.43. The zero-order valence-corrected chi connectivity index (χ0v) is 12.4. The summed E-state index contributed by atoms with van der Waals surface area (Å²) in [5.41, 5.74) is 1.44. The van der Waals surface area contributed by atoms with Crippen LogP contribution in [0.5, 0.6) is 0 Å². The molecule has 0 fully saturated rings. The van der Waals surface area contributed by atoms with E-state index in [0.29, 0.717) is 18.1 Å². The van der Waals surface area contributed by atoms with Gasteiger partial charge in [-0.1, -0.05) is 37.3 Å². The molecule has 21 heavy (non-hydrogen) atoms. The minimum atomic E-state index is -0.133. The standard InChI is InChI=1S/C16H20N4O/c1-3-9-18-15-11-17-10-14(19-15)16(21)20(2)12-13-7-5-4-6-8-13/h4-8,10-11H,3,9,12H2,1-2H3,(H,18,19). The van der Waals surface area contributed by atoms with Gasteiger partial charge in [-0.05, 0) is 12.0 Å². The molecular formula is C16H20N4O. The Labute approximate surface area is 125 Å². The monoisotopic (exact) mass is 284 g/mol. The summed E-state index contributed by atoms with van der Waals surface area (Å²) in [6.45, 7) is 3.43. The summed E-state index contributed by atoms with van der Waals surface area (Å²) in [6.07, 6.45) is 4.12. The van der Waals surface area contributed by atoms with Gasteiger partial charge >= 0.3 is 0 Å². The van der Waals surface area contributed by atoms with Gasteiger partial charge in [0.25, 0.3) is 5.91 Å². The molecule has 2 rings (SSSR count). The zero-order valence-electron chi connectivity index (χ0n) is 12.4. The molecule has 0 atom stereocenters. The number of aromatic nitrogens is 2. The second-order valence-electron chi connectivity index (χ2n) is 4.86. The highest BCUT2D eigenvalue weighted by Crippen LogP contribution is 2.08. The number of amides is 1. The number of hydrogen-bond donors (Lipinski definition) is 1. The molecule has 1 N–H and O–H groups in total. The van der Waals surface area contributed by atoms with Crippen molar-refractivity contribution in [2.75, 3.05) is 18.9 Å². The van der Waals surface area contributed by atoms with Crippen LogP contribution in [0.25, 0.3) is 0 Å². The normalized spacial score (nSPS) is 10.2. The molecule has 0 aliphatic heterocycles. The Morgan fingerprint density at radius 3 is 2.71 bits per heavy atom. The van der Waals surface area contributed by atoms with Crippen molar-refractivity contribution in [3.8, 4) is 0 Å². The smallest absolute Gasteiger partial charge is 0.274 e. The molecule has 1 amide bonds. The third-order valence-corrected chi connectivity index (χ3v) is 3.02. The van der Waals surface area contributed by atoms with Crippen molar-refractivity contribution in [2.45, 2.75) is 19.9 Å². The second kappa shape index (κ2) is 7.38. The average Bonchev–Trinajstić information content (AvgIpc) is 2.53. The highest BCUT2D eigenvalue weighted by atomic mass is 16.2. The molecule has 0 radical (unpaired) electrons. The molecule has 0 bridgehead atoms. The van der Waals surface area contributed by atoms with Crippen LogP contribution < -0.4 is 5.32 Å². The minimum absolute atomic E-state index is 0.133. The zero-order chi connectivity index (χ0) is 15.1. The highest BCUT2D eigenvalue weighted by Gasteiger charge is 2.14. The van der Waals surface area contributed by atoms with Crippen LogP contribution in [-0.2, 0) is 6.54 Å². The van der Waals surface area contributed by atoms with Gasteiger partial charge < -0.3 is 10.2 Å².